The number of carboxylic acids is 1. The standard InChI is InChI=1S/C15H22N2O2/c1-3-16(4-2)9-10-17-8-7-12-11-13(15(18)19)5-6-14(12)17/h5-6,11H,3-4,7-10H2,1-2H3,(H,18,19). The first-order chi connectivity index (χ1) is 9.15. The van der Waals surface area contributed by atoms with E-state index in [2.05, 4.69) is 23.6 Å². The van der Waals surface area contributed by atoms with E-state index in [-0.39, 0.29) is 0 Å². The zero-order chi connectivity index (χ0) is 13.8. The van der Waals surface area contributed by atoms with Crippen molar-refractivity contribution < 1.29 is 9.90 Å². The van der Waals surface area contributed by atoms with Crippen LogP contribution in [0.1, 0.15) is 29.8 Å². The lowest BCUT2D eigenvalue weighted by Crippen LogP contribution is -2.34. The maximum absolute atomic E-state index is 11.0. The Balaban J connectivity index is 2.04. The van der Waals surface area contributed by atoms with Crippen LogP contribution in [-0.2, 0) is 6.42 Å². The zero-order valence-corrected chi connectivity index (χ0v) is 11.7. The molecule has 4 nitrogen and oxygen atoms in total. The number of aromatic carboxylic acids is 1. The summed E-state index contributed by atoms with van der Waals surface area (Å²) < 4.78 is 0. The zero-order valence-electron chi connectivity index (χ0n) is 11.7. The number of hydrogen-bond donors (Lipinski definition) is 1. The number of hydrogen-bond acceptors (Lipinski definition) is 3. The number of benzene rings is 1. The molecule has 0 radical (unpaired) electrons. The van der Waals surface area contributed by atoms with Crippen LogP contribution in [0.4, 0.5) is 5.69 Å². The number of fused-ring (bicyclic) bond motifs is 1. The van der Waals surface area contributed by atoms with E-state index in [1.807, 2.05) is 12.1 Å². The van der Waals surface area contributed by atoms with Gasteiger partial charge >= 0.3 is 5.97 Å². The van der Waals surface area contributed by atoms with E-state index in [9.17, 15) is 4.79 Å². The summed E-state index contributed by atoms with van der Waals surface area (Å²) in [5.41, 5.74) is 2.76. The fourth-order valence-electron chi connectivity index (χ4n) is 2.64. The summed E-state index contributed by atoms with van der Waals surface area (Å²) in [4.78, 5) is 15.7. The van der Waals surface area contributed by atoms with E-state index < -0.39 is 5.97 Å². The molecular weight excluding hydrogens is 240 g/mol. The van der Waals surface area contributed by atoms with Gasteiger partial charge in [0.25, 0.3) is 0 Å². The van der Waals surface area contributed by atoms with Gasteiger partial charge in [0.15, 0.2) is 0 Å². The molecule has 1 aliphatic rings. The molecule has 2 rings (SSSR count). The summed E-state index contributed by atoms with van der Waals surface area (Å²) >= 11 is 0. The maximum atomic E-state index is 11.0. The molecule has 1 heterocycles. The average Bonchev–Trinajstić information content (AvgIpc) is 2.82. The molecule has 1 aliphatic heterocycles. The molecule has 1 aromatic rings. The number of anilines is 1. The summed E-state index contributed by atoms with van der Waals surface area (Å²) in [6.45, 7) is 9.60. The second-order valence-electron chi connectivity index (χ2n) is 4.91. The Bertz CT molecular complexity index is 455. The summed E-state index contributed by atoms with van der Waals surface area (Å²) in [6.07, 6.45) is 0.953. The van der Waals surface area contributed by atoms with Gasteiger partial charge in [-0.2, -0.15) is 0 Å². The summed E-state index contributed by atoms with van der Waals surface area (Å²) in [5, 5.41) is 9.00. The lowest BCUT2D eigenvalue weighted by Gasteiger charge is -2.24. The van der Waals surface area contributed by atoms with Crippen LogP contribution >= 0.6 is 0 Å². The molecule has 104 valence electrons. The van der Waals surface area contributed by atoms with Gasteiger partial charge in [0.2, 0.25) is 0 Å². The summed E-state index contributed by atoms with van der Waals surface area (Å²) in [6, 6.07) is 5.47. The fraction of sp³-hybridized carbons (Fsp3) is 0.533. The summed E-state index contributed by atoms with van der Waals surface area (Å²) in [5.74, 6) is -0.843. The highest BCUT2D eigenvalue weighted by Crippen LogP contribution is 2.28. The first-order valence-corrected chi connectivity index (χ1v) is 6.99. The van der Waals surface area contributed by atoms with Gasteiger partial charge in [-0.3, -0.25) is 0 Å². The molecule has 0 fully saturated rings. The lowest BCUT2D eigenvalue weighted by molar-refractivity contribution is 0.0697. The van der Waals surface area contributed by atoms with E-state index in [0.29, 0.717) is 5.56 Å². The Labute approximate surface area is 114 Å². The van der Waals surface area contributed by atoms with Crippen molar-refractivity contribution in [2.24, 2.45) is 0 Å². The molecule has 1 aromatic carbocycles. The Morgan fingerprint density at radius 2 is 2.11 bits per heavy atom. The third-order valence-corrected chi connectivity index (χ3v) is 3.90. The van der Waals surface area contributed by atoms with Crippen LogP contribution in [0.3, 0.4) is 0 Å². The van der Waals surface area contributed by atoms with Crippen molar-refractivity contribution in [1.82, 2.24) is 4.90 Å². The van der Waals surface area contributed by atoms with Crippen molar-refractivity contribution in [3.8, 4) is 0 Å². The molecule has 0 atom stereocenters. The number of nitrogens with zero attached hydrogens (tertiary/aromatic N) is 2. The van der Waals surface area contributed by atoms with Crippen LogP contribution in [0.5, 0.6) is 0 Å². The predicted octanol–water partition coefficient (Wildman–Crippen LogP) is 2.09. The third kappa shape index (κ3) is 3.07. The fourth-order valence-corrected chi connectivity index (χ4v) is 2.64. The molecule has 0 saturated carbocycles. The third-order valence-electron chi connectivity index (χ3n) is 3.90. The number of carbonyl (C=O) groups is 1. The Kier molecular flexibility index (Phi) is 4.43. The predicted molar refractivity (Wildman–Crippen MR) is 77.1 cm³/mol. The first kappa shape index (κ1) is 13.9. The smallest absolute Gasteiger partial charge is 0.335 e. The molecular formula is C15H22N2O2. The van der Waals surface area contributed by atoms with Gasteiger partial charge in [-0.1, -0.05) is 13.8 Å². The van der Waals surface area contributed by atoms with Crippen LogP contribution in [0.2, 0.25) is 0 Å². The molecule has 0 aromatic heterocycles. The number of rotatable bonds is 6. The summed E-state index contributed by atoms with van der Waals surface area (Å²) in [7, 11) is 0. The van der Waals surface area contributed by atoms with Gasteiger partial charge in [-0.15, -0.1) is 0 Å². The molecule has 0 saturated heterocycles. The van der Waals surface area contributed by atoms with Crippen LogP contribution in [-0.4, -0.2) is 48.7 Å². The van der Waals surface area contributed by atoms with Crippen LogP contribution in [0, 0.1) is 0 Å². The highest BCUT2D eigenvalue weighted by molar-refractivity contribution is 5.88. The van der Waals surface area contributed by atoms with Gasteiger partial charge in [0.05, 0.1) is 5.56 Å². The van der Waals surface area contributed by atoms with E-state index in [1.54, 1.807) is 6.07 Å². The normalized spacial score (nSPS) is 13.9. The minimum Gasteiger partial charge on any atom is -0.478 e. The minimum absolute atomic E-state index is 0.393. The Morgan fingerprint density at radius 3 is 2.74 bits per heavy atom. The topological polar surface area (TPSA) is 43.8 Å². The molecule has 0 spiro atoms. The van der Waals surface area contributed by atoms with Crippen LogP contribution < -0.4 is 4.90 Å². The Hall–Kier alpha value is -1.55. The largest absolute Gasteiger partial charge is 0.478 e. The van der Waals surface area contributed by atoms with Crippen molar-refractivity contribution >= 4 is 11.7 Å². The second-order valence-corrected chi connectivity index (χ2v) is 4.91. The van der Waals surface area contributed by atoms with E-state index >= 15 is 0 Å². The lowest BCUT2D eigenvalue weighted by atomic mass is 10.1. The van der Waals surface area contributed by atoms with Gasteiger partial charge < -0.3 is 14.9 Å². The van der Waals surface area contributed by atoms with Crippen molar-refractivity contribution in [1.29, 1.82) is 0 Å². The molecule has 1 N–H and O–H groups in total. The molecule has 4 heteroatoms. The average molecular weight is 262 g/mol. The first-order valence-electron chi connectivity index (χ1n) is 6.99. The number of likely N-dealkylation sites (N-methyl/N-ethyl adjacent to an activating group) is 1. The Morgan fingerprint density at radius 1 is 1.37 bits per heavy atom. The van der Waals surface area contributed by atoms with Crippen LogP contribution in [0.15, 0.2) is 18.2 Å². The monoisotopic (exact) mass is 262 g/mol. The van der Waals surface area contributed by atoms with Crippen molar-refractivity contribution in [2.75, 3.05) is 37.6 Å². The SMILES string of the molecule is CCN(CC)CCN1CCc2cc(C(=O)O)ccc21. The van der Waals surface area contributed by atoms with Crippen molar-refractivity contribution in [3.63, 3.8) is 0 Å². The van der Waals surface area contributed by atoms with Gasteiger partial charge in [-0.25, -0.2) is 4.79 Å². The van der Waals surface area contributed by atoms with Gasteiger partial charge in [0.1, 0.15) is 0 Å². The van der Waals surface area contributed by atoms with Crippen LogP contribution in [0.25, 0.3) is 0 Å². The van der Waals surface area contributed by atoms with Gasteiger partial charge in [-0.05, 0) is 43.3 Å². The second kappa shape index (κ2) is 6.06. The maximum Gasteiger partial charge on any atom is 0.335 e. The quantitative estimate of drug-likeness (QED) is 0.852. The number of carboxylic acid groups (broad SMARTS) is 1. The van der Waals surface area contributed by atoms with E-state index in [1.165, 1.54) is 11.3 Å². The molecule has 0 unspecified atom stereocenters. The van der Waals surface area contributed by atoms with Gasteiger partial charge in [0, 0.05) is 25.3 Å². The van der Waals surface area contributed by atoms with E-state index in [4.69, 9.17) is 5.11 Å². The molecule has 0 aliphatic carbocycles. The van der Waals surface area contributed by atoms with Crippen molar-refractivity contribution in [2.45, 2.75) is 20.3 Å². The highest BCUT2D eigenvalue weighted by Gasteiger charge is 2.20. The van der Waals surface area contributed by atoms with E-state index in [0.717, 1.165) is 39.1 Å². The highest BCUT2D eigenvalue weighted by atomic mass is 16.4. The molecule has 0 amide bonds. The van der Waals surface area contributed by atoms with Crippen molar-refractivity contribution in [3.05, 3.63) is 29.3 Å². The minimum atomic E-state index is -0.843. The molecule has 19 heavy (non-hydrogen) atoms. The molecule has 0 bridgehead atoms.